The molecule has 0 bridgehead atoms. The summed E-state index contributed by atoms with van der Waals surface area (Å²) in [6.45, 7) is 0.0731. The first-order valence-electron chi connectivity index (χ1n) is 8.10. The van der Waals surface area contributed by atoms with Crippen LogP contribution < -0.4 is 4.72 Å². The van der Waals surface area contributed by atoms with E-state index in [-0.39, 0.29) is 11.4 Å². The zero-order valence-corrected chi connectivity index (χ0v) is 15.7. The number of H-pyrrole nitrogens is 1. The van der Waals surface area contributed by atoms with Crippen LogP contribution in [0.1, 0.15) is 5.01 Å². The fourth-order valence-electron chi connectivity index (χ4n) is 2.55. The van der Waals surface area contributed by atoms with Crippen molar-refractivity contribution in [3.05, 3.63) is 71.9 Å². The molecule has 0 amide bonds. The first-order chi connectivity index (χ1) is 13.1. The number of aromatic nitrogens is 4. The van der Waals surface area contributed by atoms with Gasteiger partial charge in [-0.1, -0.05) is 59.9 Å². The first kappa shape index (κ1) is 17.5. The molecule has 2 aromatic heterocycles. The van der Waals surface area contributed by atoms with Crippen molar-refractivity contribution in [2.45, 2.75) is 11.4 Å². The molecule has 0 aliphatic carbocycles. The molecule has 2 heterocycles. The molecule has 0 saturated heterocycles. The van der Waals surface area contributed by atoms with E-state index in [2.05, 4.69) is 25.1 Å². The van der Waals surface area contributed by atoms with Crippen molar-refractivity contribution in [1.29, 1.82) is 0 Å². The van der Waals surface area contributed by atoms with Gasteiger partial charge in [0.15, 0.2) is 5.01 Å². The van der Waals surface area contributed by atoms with Crippen LogP contribution in [0, 0.1) is 0 Å². The summed E-state index contributed by atoms with van der Waals surface area (Å²) in [5, 5.41) is 16.6. The highest BCUT2D eigenvalue weighted by Crippen LogP contribution is 2.31. The lowest BCUT2D eigenvalue weighted by molar-refractivity contribution is 0.581. The summed E-state index contributed by atoms with van der Waals surface area (Å²) in [5.74, 6) is 0. The number of benzene rings is 2. The van der Waals surface area contributed by atoms with Crippen molar-refractivity contribution in [3.8, 4) is 21.8 Å². The maximum Gasteiger partial charge on any atom is 0.240 e. The molecule has 0 spiro atoms. The second-order valence-corrected chi connectivity index (χ2v) is 8.49. The molecule has 136 valence electrons. The molecule has 0 atom stereocenters. The fourth-order valence-corrected chi connectivity index (χ4v) is 4.44. The smallest absolute Gasteiger partial charge is 0.240 e. The Hall–Kier alpha value is -2.88. The minimum absolute atomic E-state index is 0.0731. The molecule has 0 aliphatic rings. The highest BCUT2D eigenvalue weighted by atomic mass is 32.2. The molecule has 0 unspecified atom stereocenters. The lowest BCUT2D eigenvalue weighted by atomic mass is 10.1. The average Bonchev–Trinajstić information content (AvgIpc) is 3.37. The standard InChI is InChI=1S/C18H15N5O2S2/c24-27(25,14-9-5-2-6-10-14)20-12-16-21-23-18(26-16)17-15(11-19-22-17)13-7-3-1-4-8-13/h1-11,20H,12H2,(H,19,22). The van der Waals surface area contributed by atoms with Gasteiger partial charge in [-0.05, 0) is 17.7 Å². The van der Waals surface area contributed by atoms with E-state index in [0.29, 0.717) is 10.0 Å². The number of nitrogens with zero attached hydrogens (tertiary/aromatic N) is 3. The van der Waals surface area contributed by atoms with Gasteiger partial charge in [0.1, 0.15) is 10.7 Å². The summed E-state index contributed by atoms with van der Waals surface area (Å²) in [4.78, 5) is 0.217. The lowest BCUT2D eigenvalue weighted by Gasteiger charge is -2.04. The zero-order valence-electron chi connectivity index (χ0n) is 14.0. The minimum atomic E-state index is -3.59. The molecule has 7 nitrogen and oxygen atoms in total. The van der Waals surface area contributed by atoms with Crippen LogP contribution in [0.5, 0.6) is 0 Å². The maximum atomic E-state index is 12.3. The zero-order chi connectivity index (χ0) is 18.7. The molecule has 4 rings (SSSR count). The Kier molecular flexibility index (Phi) is 4.80. The normalized spacial score (nSPS) is 11.6. The summed E-state index contributed by atoms with van der Waals surface area (Å²) >= 11 is 1.31. The molecule has 0 fully saturated rings. The third-order valence-corrected chi connectivity index (χ3v) is 6.23. The predicted molar refractivity (Wildman–Crippen MR) is 103 cm³/mol. The van der Waals surface area contributed by atoms with Crippen LogP contribution >= 0.6 is 11.3 Å². The maximum absolute atomic E-state index is 12.3. The molecular formula is C18H15N5O2S2. The van der Waals surface area contributed by atoms with Crippen LogP contribution in [-0.4, -0.2) is 28.8 Å². The predicted octanol–water partition coefficient (Wildman–Crippen LogP) is 3.07. The average molecular weight is 397 g/mol. The lowest BCUT2D eigenvalue weighted by Crippen LogP contribution is -2.23. The van der Waals surface area contributed by atoms with E-state index in [0.717, 1.165) is 16.8 Å². The number of nitrogens with one attached hydrogen (secondary N) is 2. The van der Waals surface area contributed by atoms with E-state index in [1.54, 1.807) is 36.5 Å². The molecule has 4 aromatic rings. The van der Waals surface area contributed by atoms with Gasteiger partial charge in [0.05, 0.1) is 17.6 Å². The van der Waals surface area contributed by atoms with Crippen molar-refractivity contribution in [3.63, 3.8) is 0 Å². The van der Waals surface area contributed by atoms with Gasteiger partial charge >= 0.3 is 0 Å². The Morgan fingerprint density at radius 2 is 1.67 bits per heavy atom. The van der Waals surface area contributed by atoms with Crippen LogP contribution in [0.3, 0.4) is 0 Å². The molecule has 2 N–H and O–H groups in total. The van der Waals surface area contributed by atoms with Crippen molar-refractivity contribution in [2.75, 3.05) is 0 Å². The van der Waals surface area contributed by atoms with Crippen LogP contribution in [0.25, 0.3) is 21.8 Å². The second-order valence-electron chi connectivity index (χ2n) is 5.66. The molecule has 0 aliphatic heterocycles. The van der Waals surface area contributed by atoms with Crippen molar-refractivity contribution < 1.29 is 8.42 Å². The number of aromatic amines is 1. The van der Waals surface area contributed by atoms with Crippen molar-refractivity contribution in [1.82, 2.24) is 25.1 Å². The Labute approximate surface area is 160 Å². The van der Waals surface area contributed by atoms with Gasteiger partial charge in [-0.3, -0.25) is 5.10 Å². The number of hydrogen-bond donors (Lipinski definition) is 2. The van der Waals surface area contributed by atoms with E-state index in [1.807, 2.05) is 30.3 Å². The van der Waals surface area contributed by atoms with Gasteiger partial charge in [-0.15, -0.1) is 10.2 Å². The van der Waals surface area contributed by atoms with Crippen molar-refractivity contribution >= 4 is 21.4 Å². The van der Waals surface area contributed by atoms with E-state index < -0.39 is 10.0 Å². The van der Waals surface area contributed by atoms with Gasteiger partial charge in [-0.25, -0.2) is 13.1 Å². The topological polar surface area (TPSA) is 101 Å². The van der Waals surface area contributed by atoms with Gasteiger partial charge in [0.25, 0.3) is 0 Å². The molecule has 0 saturated carbocycles. The van der Waals surface area contributed by atoms with Gasteiger partial charge in [0.2, 0.25) is 10.0 Å². The van der Waals surface area contributed by atoms with E-state index in [4.69, 9.17) is 0 Å². The Bertz CT molecular complexity index is 1140. The van der Waals surface area contributed by atoms with Gasteiger partial charge in [-0.2, -0.15) is 5.10 Å². The molecular weight excluding hydrogens is 382 g/mol. The van der Waals surface area contributed by atoms with Crippen LogP contribution in [0.15, 0.2) is 71.8 Å². The fraction of sp³-hybridized carbons (Fsp3) is 0.0556. The summed E-state index contributed by atoms with van der Waals surface area (Å²) < 4.78 is 27.2. The molecule has 2 aromatic carbocycles. The van der Waals surface area contributed by atoms with Crippen LogP contribution in [0.2, 0.25) is 0 Å². The van der Waals surface area contributed by atoms with Crippen LogP contribution in [-0.2, 0) is 16.6 Å². The molecule has 27 heavy (non-hydrogen) atoms. The molecule has 9 heteroatoms. The van der Waals surface area contributed by atoms with E-state index in [9.17, 15) is 8.42 Å². The largest absolute Gasteiger partial charge is 0.275 e. The number of sulfonamides is 1. The van der Waals surface area contributed by atoms with E-state index in [1.165, 1.54) is 11.3 Å². The van der Waals surface area contributed by atoms with Gasteiger partial charge in [0, 0.05) is 5.56 Å². The summed E-state index contributed by atoms with van der Waals surface area (Å²) in [6.07, 6.45) is 1.74. The van der Waals surface area contributed by atoms with Crippen molar-refractivity contribution in [2.24, 2.45) is 0 Å². The second kappa shape index (κ2) is 7.39. The Balaban J connectivity index is 1.53. The summed E-state index contributed by atoms with van der Waals surface area (Å²) in [7, 11) is -3.59. The quantitative estimate of drug-likeness (QED) is 0.521. The third-order valence-electron chi connectivity index (χ3n) is 3.87. The minimum Gasteiger partial charge on any atom is -0.275 e. The molecule has 0 radical (unpaired) electrons. The Morgan fingerprint density at radius 3 is 2.41 bits per heavy atom. The Morgan fingerprint density at radius 1 is 0.963 bits per heavy atom. The monoisotopic (exact) mass is 397 g/mol. The number of rotatable bonds is 6. The highest BCUT2D eigenvalue weighted by Gasteiger charge is 2.17. The highest BCUT2D eigenvalue weighted by molar-refractivity contribution is 7.89. The third kappa shape index (κ3) is 3.80. The first-order valence-corrected chi connectivity index (χ1v) is 10.4. The number of hydrogen-bond acceptors (Lipinski definition) is 6. The summed E-state index contributed by atoms with van der Waals surface area (Å²) in [5.41, 5.74) is 2.70. The summed E-state index contributed by atoms with van der Waals surface area (Å²) in [6, 6.07) is 18.1. The van der Waals surface area contributed by atoms with E-state index >= 15 is 0 Å². The van der Waals surface area contributed by atoms with Crippen LogP contribution in [0.4, 0.5) is 0 Å². The van der Waals surface area contributed by atoms with Gasteiger partial charge < -0.3 is 0 Å². The SMILES string of the molecule is O=S(=O)(NCc1nnc(-c2[nH]ncc2-c2ccccc2)s1)c1ccccc1.